The zero-order valence-electron chi connectivity index (χ0n) is 1.61. The number of hydrogen-bond donors (Lipinski definition) is 0. The van der Waals surface area contributed by atoms with Crippen LogP contribution in [0.3, 0.4) is 0 Å². The summed E-state index contributed by atoms with van der Waals surface area (Å²) in [5.41, 5.74) is 0. The van der Waals surface area contributed by atoms with Gasteiger partial charge < -0.3 is 0 Å². The van der Waals surface area contributed by atoms with Gasteiger partial charge in [0.05, 0.1) is 23.7 Å². The van der Waals surface area contributed by atoms with Crippen LogP contribution in [0.25, 0.3) is 0 Å². The van der Waals surface area contributed by atoms with Crippen LogP contribution in [0.4, 0.5) is 0 Å². The summed E-state index contributed by atoms with van der Waals surface area (Å²) < 4.78 is 3.19. The Balaban J connectivity index is -0.0000000200. The van der Waals surface area contributed by atoms with Crippen molar-refractivity contribution in [1.82, 2.24) is 0 Å². The molecular weight excluding hydrogens is 166 g/mol. The summed E-state index contributed by atoms with van der Waals surface area (Å²) in [6.07, 6.45) is 0. The van der Waals surface area contributed by atoms with Crippen LogP contribution in [0.15, 0.2) is 0 Å². The van der Waals surface area contributed by atoms with Crippen molar-refractivity contribution in [3.63, 3.8) is 0 Å². The van der Waals surface area contributed by atoms with E-state index < -0.39 is 0 Å². The molecule has 0 unspecified atom stereocenters. The number of hydrogen-bond acceptors (Lipinski definition) is 1. The Bertz CT molecular complexity index is 9.61. The molecule has 0 bridgehead atoms. The van der Waals surface area contributed by atoms with Crippen molar-refractivity contribution in [2.45, 2.75) is 0 Å². The molecule has 0 aliphatic heterocycles. The molecule has 1 radical (unpaired) electrons. The molecule has 0 atom stereocenters. The van der Waals surface area contributed by atoms with Crippen LogP contribution in [-0.2, 0) is 22.4 Å². The Morgan fingerprint density at radius 2 is 1.20 bits per heavy atom. The van der Waals surface area contributed by atoms with Crippen LogP contribution in [0, 0.1) is 0 Å². The molecule has 1 nitrogen and oxygen atoms in total. The van der Waals surface area contributed by atoms with Crippen LogP contribution >= 0.6 is 23.7 Å². The molecule has 0 rings (SSSR count). The molecule has 0 N–H and O–H groups in total. The smallest absolute Gasteiger partial charge is 0.0832 e. The van der Waals surface area contributed by atoms with E-state index in [0.717, 1.165) is 0 Å². The summed E-state index contributed by atoms with van der Waals surface area (Å²) >= 11 is 8.53. The van der Waals surface area contributed by atoms with Crippen molar-refractivity contribution in [3.05, 3.63) is 0 Å². The maximum absolute atomic E-state index is 4.26. The molecule has 0 aromatic heterocycles. The second kappa shape index (κ2) is 18.4. The molecule has 0 aliphatic rings. The molecule has 33 valence electrons. The van der Waals surface area contributed by atoms with Crippen LogP contribution in [-0.4, -0.2) is 11.0 Å². The van der Waals surface area contributed by atoms with Gasteiger partial charge in [0.15, 0.2) is 0 Å². The SMILES string of the molecule is ClOCl.[SiH4].[V]. The summed E-state index contributed by atoms with van der Waals surface area (Å²) in [5, 5.41) is 0. The van der Waals surface area contributed by atoms with Gasteiger partial charge in [0.1, 0.15) is 0 Å². The molecule has 0 fully saturated rings. The number of rotatable bonds is 0. The molecule has 0 saturated heterocycles. The second-order valence-electron chi connectivity index (χ2n) is 0.0583. The average Bonchev–Trinajstić information content (AvgIpc) is 0.918. The average molecular weight is 170 g/mol. The Morgan fingerprint density at radius 3 is 1.20 bits per heavy atom. The first kappa shape index (κ1) is 16.2. The van der Waals surface area contributed by atoms with Crippen molar-refractivity contribution in [3.8, 4) is 0 Å². The van der Waals surface area contributed by atoms with E-state index in [-0.39, 0.29) is 29.5 Å². The van der Waals surface area contributed by atoms with Gasteiger partial charge >= 0.3 is 0 Å². The van der Waals surface area contributed by atoms with Gasteiger partial charge in [-0.2, -0.15) is 3.84 Å². The quantitative estimate of drug-likeness (QED) is 0.459. The third-order valence-corrected chi connectivity index (χ3v) is 0. The third kappa shape index (κ3) is 33.1. The summed E-state index contributed by atoms with van der Waals surface area (Å²) in [6, 6.07) is 0. The van der Waals surface area contributed by atoms with E-state index in [9.17, 15) is 0 Å². The van der Waals surface area contributed by atoms with Gasteiger partial charge in [-0.25, -0.2) is 0 Å². The second-order valence-corrected chi connectivity index (χ2v) is 0.525. The zero-order valence-corrected chi connectivity index (χ0v) is 4.52. The molecule has 0 aliphatic carbocycles. The van der Waals surface area contributed by atoms with Gasteiger partial charge in [-0.05, 0) is 11.0 Å². The molecular formula is H4Cl2OSiV. The van der Waals surface area contributed by atoms with Gasteiger partial charge in [0, 0.05) is 18.6 Å². The molecule has 0 aromatic rings. The minimum Gasteiger partial charge on any atom is -0.166 e. The molecule has 5 heteroatoms. The normalized spacial score (nSPS) is 3.60. The zero-order chi connectivity index (χ0) is 2.71. The van der Waals surface area contributed by atoms with Crippen molar-refractivity contribution in [1.29, 1.82) is 0 Å². The summed E-state index contributed by atoms with van der Waals surface area (Å²) in [6.45, 7) is 0. The predicted molar refractivity (Wildman–Crippen MR) is 24.1 cm³/mol. The van der Waals surface area contributed by atoms with Crippen LogP contribution in [0.2, 0.25) is 0 Å². The van der Waals surface area contributed by atoms with E-state index in [1.807, 2.05) is 0 Å². The molecule has 0 saturated carbocycles. The molecule has 5 heavy (non-hydrogen) atoms. The Morgan fingerprint density at radius 1 is 1.20 bits per heavy atom. The van der Waals surface area contributed by atoms with Gasteiger partial charge in [0.25, 0.3) is 0 Å². The minimum atomic E-state index is 0. The van der Waals surface area contributed by atoms with E-state index in [2.05, 4.69) is 27.6 Å². The number of halogens is 2. The van der Waals surface area contributed by atoms with Crippen LogP contribution in [0.1, 0.15) is 0 Å². The Hall–Kier alpha value is 1.34. The minimum absolute atomic E-state index is 0. The molecule has 0 spiro atoms. The first-order chi connectivity index (χ1) is 1.41. The summed E-state index contributed by atoms with van der Waals surface area (Å²) in [5.74, 6) is 0. The third-order valence-electron chi connectivity index (χ3n) is 0. The standard InChI is InChI=1S/Cl2O.H4Si.V/c1-3-2;;/h;1H4;. The van der Waals surface area contributed by atoms with E-state index in [4.69, 9.17) is 0 Å². The van der Waals surface area contributed by atoms with Crippen LogP contribution < -0.4 is 0 Å². The van der Waals surface area contributed by atoms with Gasteiger partial charge in [0.2, 0.25) is 0 Å². The van der Waals surface area contributed by atoms with E-state index in [0.29, 0.717) is 0 Å². The van der Waals surface area contributed by atoms with Crippen molar-refractivity contribution in [2.75, 3.05) is 0 Å². The predicted octanol–water partition coefficient (Wildman–Crippen LogP) is -0.144. The monoisotopic (exact) mass is 169 g/mol. The fourth-order valence-corrected chi connectivity index (χ4v) is 0. The fourth-order valence-electron chi connectivity index (χ4n) is 0. The van der Waals surface area contributed by atoms with E-state index in [1.54, 1.807) is 0 Å². The van der Waals surface area contributed by atoms with Gasteiger partial charge in [-0.1, -0.05) is 0 Å². The molecule has 0 amide bonds. The maximum Gasteiger partial charge on any atom is 0.0832 e. The molecule has 0 aromatic carbocycles. The topological polar surface area (TPSA) is 9.23 Å². The maximum atomic E-state index is 4.26. The van der Waals surface area contributed by atoms with E-state index >= 15 is 0 Å². The Labute approximate surface area is 57.2 Å². The van der Waals surface area contributed by atoms with Gasteiger partial charge in [-0.3, -0.25) is 0 Å². The van der Waals surface area contributed by atoms with E-state index in [1.165, 1.54) is 0 Å². The van der Waals surface area contributed by atoms with Crippen molar-refractivity contribution in [2.24, 2.45) is 0 Å². The summed E-state index contributed by atoms with van der Waals surface area (Å²) in [4.78, 5) is 0. The van der Waals surface area contributed by atoms with Crippen LogP contribution in [0.5, 0.6) is 0 Å². The van der Waals surface area contributed by atoms with Crippen molar-refractivity contribution < 1.29 is 22.4 Å². The summed E-state index contributed by atoms with van der Waals surface area (Å²) in [7, 11) is 0. The first-order valence-electron chi connectivity index (χ1n) is 0.309. The first-order valence-corrected chi connectivity index (χ1v) is 0.926. The largest absolute Gasteiger partial charge is 0.166 e. The van der Waals surface area contributed by atoms with Crippen molar-refractivity contribution >= 4 is 34.7 Å². The fraction of sp³-hybridized carbons (Fsp3) is 0. The Kier molecular flexibility index (Phi) is 59.5. The van der Waals surface area contributed by atoms with Gasteiger partial charge in [-0.15, -0.1) is 0 Å². The molecule has 0 heterocycles.